The van der Waals surface area contributed by atoms with Gasteiger partial charge in [0.2, 0.25) is 0 Å². The van der Waals surface area contributed by atoms with Crippen molar-refractivity contribution in [1.29, 1.82) is 5.26 Å². The van der Waals surface area contributed by atoms with Gasteiger partial charge in [-0.15, -0.1) is 0 Å². The largest absolute Gasteiger partial charge is 0.466 e. The second-order valence-electron chi connectivity index (χ2n) is 3.30. The zero-order valence-corrected chi connectivity index (χ0v) is 8.39. The van der Waals surface area contributed by atoms with Crippen LogP contribution in [0.2, 0.25) is 0 Å². The summed E-state index contributed by atoms with van der Waals surface area (Å²) in [5.74, 6) is -0.435. The number of nitrogens with zero attached hydrogens (tertiary/aromatic N) is 1. The fraction of sp³-hybridized carbons (Fsp3) is 0.600. The van der Waals surface area contributed by atoms with Gasteiger partial charge in [0.25, 0.3) is 0 Å². The Labute approximate surface area is 79.0 Å². The second kappa shape index (κ2) is 4.66. The molecular formula is C10H15NO2. The zero-order valence-electron chi connectivity index (χ0n) is 8.39. The van der Waals surface area contributed by atoms with Crippen LogP contribution in [0.15, 0.2) is 12.2 Å². The third-order valence-electron chi connectivity index (χ3n) is 2.13. The Morgan fingerprint density at radius 3 is 2.54 bits per heavy atom. The topological polar surface area (TPSA) is 50.1 Å². The molecule has 3 heteroatoms. The minimum atomic E-state index is -0.509. The van der Waals surface area contributed by atoms with Crippen molar-refractivity contribution in [3.05, 3.63) is 12.2 Å². The number of hydrogen-bond acceptors (Lipinski definition) is 3. The molecule has 0 spiro atoms. The van der Waals surface area contributed by atoms with E-state index < -0.39 is 11.4 Å². The lowest BCUT2D eigenvalue weighted by atomic mass is 9.83. The van der Waals surface area contributed by atoms with E-state index >= 15 is 0 Å². The van der Waals surface area contributed by atoms with Gasteiger partial charge in [-0.2, -0.15) is 5.26 Å². The van der Waals surface area contributed by atoms with E-state index in [1.165, 1.54) is 7.11 Å². The number of carbonyl (C=O) groups is 1. The molecule has 0 fully saturated rings. The van der Waals surface area contributed by atoms with Crippen molar-refractivity contribution in [3.63, 3.8) is 0 Å². The highest BCUT2D eigenvalue weighted by Crippen LogP contribution is 2.28. The zero-order chi connectivity index (χ0) is 10.5. The highest BCUT2D eigenvalue weighted by molar-refractivity contribution is 5.87. The van der Waals surface area contributed by atoms with Crippen LogP contribution in [-0.4, -0.2) is 13.1 Å². The number of hydrogen-bond donors (Lipinski definition) is 0. The molecule has 3 nitrogen and oxygen atoms in total. The molecule has 0 amide bonds. The number of nitriles is 1. The summed E-state index contributed by atoms with van der Waals surface area (Å²) in [7, 11) is 1.31. The van der Waals surface area contributed by atoms with Gasteiger partial charge in [0.05, 0.1) is 18.6 Å². The summed E-state index contributed by atoms with van der Waals surface area (Å²) >= 11 is 0. The summed E-state index contributed by atoms with van der Waals surface area (Å²) in [6.45, 7) is 7.30. The predicted molar refractivity (Wildman–Crippen MR) is 49.8 cm³/mol. The minimum Gasteiger partial charge on any atom is -0.466 e. The molecule has 1 unspecified atom stereocenters. The van der Waals surface area contributed by atoms with Crippen LogP contribution in [0.1, 0.15) is 26.7 Å². The Hall–Kier alpha value is -1.30. The maximum absolute atomic E-state index is 11.0. The second-order valence-corrected chi connectivity index (χ2v) is 3.30. The maximum Gasteiger partial charge on any atom is 0.333 e. The predicted octanol–water partition coefficient (Wildman–Crippen LogP) is 2.05. The number of ether oxygens (including phenoxy) is 1. The molecular weight excluding hydrogens is 166 g/mol. The molecule has 0 bridgehead atoms. The van der Waals surface area contributed by atoms with E-state index in [9.17, 15) is 4.79 Å². The lowest BCUT2D eigenvalue weighted by Crippen LogP contribution is -2.17. The first-order chi connectivity index (χ1) is 5.99. The molecule has 0 aliphatic heterocycles. The standard InChI is InChI=1S/C10H15NO2/c1-5-10(3,7-11)6-8(2)9(12)13-4/h2,5-6H2,1,3-4H3. The van der Waals surface area contributed by atoms with Crippen LogP contribution in [0.25, 0.3) is 0 Å². The Balaban J connectivity index is 4.36. The third-order valence-corrected chi connectivity index (χ3v) is 2.13. The molecule has 0 saturated carbocycles. The molecule has 0 aromatic heterocycles. The average Bonchev–Trinajstić information content (AvgIpc) is 2.16. The summed E-state index contributed by atoms with van der Waals surface area (Å²) < 4.78 is 4.50. The van der Waals surface area contributed by atoms with E-state index in [-0.39, 0.29) is 0 Å². The van der Waals surface area contributed by atoms with Gasteiger partial charge in [-0.3, -0.25) is 0 Å². The van der Waals surface area contributed by atoms with E-state index in [2.05, 4.69) is 17.4 Å². The number of esters is 1. The number of rotatable bonds is 4. The molecule has 0 N–H and O–H groups in total. The fourth-order valence-corrected chi connectivity index (χ4v) is 0.931. The smallest absolute Gasteiger partial charge is 0.333 e. The van der Waals surface area contributed by atoms with Crippen LogP contribution in [0.4, 0.5) is 0 Å². The Morgan fingerprint density at radius 1 is 1.69 bits per heavy atom. The molecule has 0 saturated heterocycles. The Bertz CT molecular complexity index is 252. The number of methoxy groups -OCH3 is 1. The van der Waals surface area contributed by atoms with Crippen molar-refractivity contribution in [3.8, 4) is 6.07 Å². The van der Waals surface area contributed by atoms with Crippen LogP contribution in [0.3, 0.4) is 0 Å². The maximum atomic E-state index is 11.0. The van der Waals surface area contributed by atoms with Crippen LogP contribution in [-0.2, 0) is 9.53 Å². The van der Waals surface area contributed by atoms with Gasteiger partial charge >= 0.3 is 5.97 Å². The van der Waals surface area contributed by atoms with Crippen molar-refractivity contribution in [1.82, 2.24) is 0 Å². The van der Waals surface area contributed by atoms with E-state index in [0.717, 1.165) is 0 Å². The van der Waals surface area contributed by atoms with Crippen molar-refractivity contribution < 1.29 is 9.53 Å². The molecule has 0 radical (unpaired) electrons. The molecule has 0 aliphatic rings. The van der Waals surface area contributed by atoms with Crippen molar-refractivity contribution in [2.45, 2.75) is 26.7 Å². The highest BCUT2D eigenvalue weighted by Gasteiger charge is 2.25. The quantitative estimate of drug-likeness (QED) is 0.492. The van der Waals surface area contributed by atoms with Gasteiger partial charge in [0.15, 0.2) is 0 Å². The molecule has 0 heterocycles. The van der Waals surface area contributed by atoms with Gasteiger partial charge in [0, 0.05) is 5.57 Å². The monoisotopic (exact) mass is 181 g/mol. The molecule has 1 atom stereocenters. The van der Waals surface area contributed by atoms with E-state index in [4.69, 9.17) is 5.26 Å². The third kappa shape index (κ3) is 3.29. The molecule has 72 valence electrons. The molecule has 0 aliphatic carbocycles. The first-order valence-corrected chi connectivity index (χ1v) is 4.16. The van der Waals surface area contributed by atoms with Crippen LogP contribution in [0, 0.1) is 16.7 Å². The molecule has 0 aromatic carbocycles. The van der Waals surface area contributed by atoms with Gasteiger partial charge in [0.1, 0.15) is 0 Å². The first-order valence-electron chi connectivity index (χ1n) is 4.16. The molecule has 13 heavy (non-hydrogen) atoms. The van der Waals surface area contributed by atoms with Crippen LogP contribution < -0.4 is 0 Å². The van der Waals surface area contributed by atoms with Crippen LogP contribution >= 0.6 is 0 Å². The van der Waals surface area contributed by atoms with E-state index in [1.807, 2.05) is 6.92 Å². The highest BCUT2D eigenvalue weighted by atomic mass is 16.5. The minimum absolute atomic E-state index is 0.355. The fourth-order valence-electron chi connectivity index (χ4n) is 0.931. The average molecular weight is 181 g/mol. The molecule has 0 aromatic rings. The lowest BCUT2D eigenvalue weighted by molar-refractivity contribution is -0.136. The van der Waals surface area contributed by atoms with E-state index in [0.29, 0.717) is 18.4 Å². The van der Waals surface area contributed by atoms with Gasteiger partial charge in [-0.25, -0.2) is 4.79 Å². The van der Waals surface area contributed by atoms with E-state index in [1.54, 1.807) is 6.92 Å². The lowest BCUT2D eigenvalue weighted by Gasteiger charge is -2.19. The SMILES string of the molecule is C=C(CC(C)(C#N)CC)C(=O)OC. The van der Waals surface area contributed by atoms with Gasteiger partial charge in [-0.1, -0.05) is 13.5 Å². The first kappa shape index (κ1) is 11.7. The van der Waals surface area contributed by atoms with Gasteiger partial charge in [-0.05, 0) is 19.8 Å². The molecule has 0 rings (SSSR count). The Morgan fingerprint density at radius 2 is 2.23 bits per heavy atom. The Kier molecular flexibility index (Phi) is 4.19. The summed E-state index contributed by atoms with van der Waals surface area (Å²) in [6, 6.07) is 2.17. The summed E-state index contributed by atoms with van der Waals surface area (Å²) in [5.41, 5.74) is -0.154. The summed E-state index contributed by atoms with van der Waals surface area (Å²) in [4.78, 5) is 11.0. The summed E-state index contributed by atoms with van der Waals surface area (Å²) in [5, 5.41) is 8.85. The van der Waals surface area contributed by atoms with Gasteiger partial charge < -0.3 is 4.74 Å². The van der Waals surface area contributed by atoms with Crippen molar-refractivity contribution in [2.24, 2.45) is 5.41 Å². The van der Waals surface area contributed by atoms with Crippen molar-refractivity contribution >= 4 is 5.97 Å². The van der Waals surface area contributed by atoms with Crippen molar-refractivity contribution in [2.75, 3.05) is 7.11 Å². The van der Waals surface area contributed by atoms with Crippen LogP contribution in [0.5, 0.6) is 0 Å². The normalized spacial score (nSPS) is 14.0. The summed E-state index contributed by atoms with van der Waals surface area (Å²) in [6.07, 6.45) is 1.06. The number of carbonyl (C=O) groups excluding carboxylic acids is 1.